The second kappa shape index (κ2) is 9.09. The molecule has 1 aromatic carbocycles. The minimum absolute atomic E-state index is 0.102. The van der Waals surface area contributed by atoms with Gasteiger partial charge in [0.1, 0.15) is 0 Å². The highest BCUT2D eigenvalue weighted by molar-refractivity contribution is 7.99. The summed E-state index contributed by atoms with van der Waals surface area (Å²) in [5.41, 5.74) is 1.12. The van der Waals surface area contributed by atoms with E-state index in [0.717, 1.165) is 35.9 Å². The zero-order valence-corrected chi connectivity index (χ0v) is 17.8. The summed E-state index contributed by atoms with van der Waals surface area (Å²) in [6, 6.07) is 8.71. The molecule has 1 fully saturated rings. The van der Waals surface area contributed by atoms with E-state index in [1.807, 2.05) is 0 Å². The van der Waals surface area contributed by atoms with Gasteiger partial charge in [0.15, 0.2) is 11.0 Å². The van der Waals surface area contributed by atoms with Crippen LogP contribution in [0.1, 0.15) is 45.4 Å². The van der Waals surface area contributed by atoms with Crippen molar-refractivity contribution in [1.29, 1.82) is 0 Å². The molecule has 3 aromatic rings. The van der Waals surface area contributed by atoms with Crippen molar-refractivity contribution >= 4 is 39.1 Å². The van der Waals surface area contributed by atoms with Crippen molar-refractivity contribution in [2.45, 2.75) is 63.2 Å². The fraction of sp³-hybridized carbons (Fsp3) is 0.476. The lowest BCUT2D eigenvalue weighted by molar-refractivity contribution is -0.119. The fourth-order valence-corrected chi connectivity index (χ4v) is 5.61. The highest BCUT2D eigenvalue weighted by atomic mass is 32.2. The highest BCUT2D eigenvalue weighted by Gasteiger charge is 2.19. The molecule has 0 saturated heterocycles. The number of rotatable bonds is 6. The molecule has 1 aliphatic rings. The predicted octanol–water partition coefficient (Wildman–Crippen LogP) is 5.11. The summed E-state index contributed by atoms with van der Waals surface area (Å²) in [7, 11) is 0. The first-order valence-corrected chi connectivity index (χ1v) is 11.9. The molecule has 0 radical (unpaired) electrons. The van der Waals surface area contributed by atoms with Crippen LogP contribution >= 0.6 is 23.1 Å². The van der Waals surface area contributed by atoms with E-state index in [1.54, 1.807) is 11.3 Å². The molecule has 0 bridgehead atoms. The third kappa shape index (κ3) is 4.25. The Labute approximate surface area is 173 Å². The summed E-state index contributed by atoms with van der Waals surface area (Å²) in [4.78, 5) is 12.4. The van der Waals surface area contributed by atoms with Gasteiger partial charge in [-0.3, -0.25) is 4.79 Å². The van der Waals surface area contributed by atoms with Crippen molar-refractivity contribution in [2.75, 3.05) is 5.75 Å². The maximum Gasteiger partial charge on any atom is 0.230 e. The number of amides is 1. The number of fused-ring (bicyclic) bond motifs is 1. The summed E-state index contributed by atoms with van der Waals surface area (Å²) in [5.74, 6) is 1.37. The fourth-order valence-electron chi connectivity index (χ4n) is 3.85. The van der Waals surface area contributed by atoms with E-state index < -0.39 is 0 Å². The van der Waals surface area contributed by atoms with Crippen molar-refractivity contribution in [3.05, 3.63) is 29.6 Å². The van der Waals surface area contributed by atoms with Gasteiger partial charge in [-0.1, -0.05) is 55.6 Å². The van der Waals surface area contributed by atoms with Crippen molar-refractivity contribution in [2.24, 2.45) is 0 Å². The molecule has 1 saturated carbocycles. The molecule has 2 aromatic heterocycles. The van der Waals surface area contributed by atoms with Gasteiger partial charge in [-0.15, -0.1) is 21.5 Å². The number of hydrogen-bond acceptors (Lipinski definition) is 5. The van der Waals surface area contributed by atoms with E-state index in [4.69, 9.17) is 0 Å². The van der Waals surface area contributed by atoms with E-state index in [9.17, 15) is 4.79 Å². The van der Waals surface area contributed by atoms with E-state index in [-0.39, 0.29) is 5.91 Å². The van der Waals surface area contributed by atoms with Crippen LogP contribution in [0.5, 0.6) is 0 Å². The van der Waals surface area contributed by atoms with Gasteiger partial charge in [-0.25, -0.2) is 0 Å². The van der Waals surface area contributed by atoms with Crippen LogP contribution in [0.25, 0.3) is 21.5 Å². The molecule has 0 atom stereocenters. The number of thioether (sulfide) groups is 1. The standard InChI is InChI=1S/C21H26N4OS2/c1-2-25-20(17-13-27-18-12-8-7-11-16(17)18)23-24-21(25)28-14-19(26)22-15-9-5-3-4-6-10-15/h7-8,11-13,15H,2-6,9-10,14H2,1H3,(H,22,26). The number of hydrogen-bond donors (Lipinski definition) is 1. The van der Waals surface area contributed by atoms with Crippen LogP contribution in [0.15, 0.2) is 34.8 Å². The Balaban J connectivity index is 1.45. The zero-order chi connectivity index (χ0) is 19.3. The number of benzene rings is 1. The molecule has 5 nitrogen and oxygen atoms in total. The lowest BCUT2D eigenvalue weighted by Crippen LogP contribution is -2.35. The Kier molecular flexibility index (Phi) is 6.32. The average molecular weight is 415 g/mol. The van der Waals surface area contributed by atoms with E-state index in [2.05, 4.69) is 56.7 Å². The molecule has 4 rings (SSSR count). The van der Waals surface area contributed by atoms with E-state index in [0.29, 0.717) is 11.8 Å². The van der Waals surface area contributed by atoms with Crippen molar-refractivity contribution in [3.63, 3.8) is 0 Å². The second-order valence-electron chi connectivity index (χ2n) is 7.24. The SMILES string of the molecule is CCn1c(SCC(=O)NC2CCCCCC2)nnc1-c1csc2ccccc12. The second-order valence-corrected chi connectivity index (χ2v) is 9.09. The number of nitrogens with zero attached hydrogens (tertiary/aromatic N) is 3. The van der Waals surface area contributed by atoms with Crippen LogP contribution in [-0.4, -0.2) is 32.5 Å². The van der Waals surface area contributed by atoms with Gasteiger partial charge in [-0.2, -0.15) is 0 Å². The normalized spacial score (nSPS) is 15.6. The van der Waals surface area contributed by atoms with Gasteiger partial charge >= 0.3 is 0 Å². The Hall–Kier alpha value is -1.86. The highest BCUT2D eigenvalue weighted by Crippen LogP contribution is 2.34. The third-order valence-corrected chi connectivity index (χ3v) is 7.24. The molecule has 1 aliphatic carbocycles. The Bertz CT molecular complexity index is 941. The Morgan fingerprint density at radius 2 is 2.00 bits per heavy atom. The van der Waals surface area contributed by atoms with Crippen LogP contribution in [-0.2, 0) is 11.3 Å². The summed E-state index contributed by atoms with van der Waals surface area (Å²) in [5, 5.41) is 16.2. The van der Waals surface area contributed by atoms with Gasteiger partial charge in [0.25, 0.3) is 0 Å². The summed E-state index contributed by atoms with van der Waals surface area (Å²) in [6.45, 7) is 2.87. The quantitative estimate of drug-likeness (QED) is 0.450. The Morgan fingerprint density at radius 1 is 1.21 bits per heavy atom. The largest absolute Gasteiger partial charge is 0.353 e. The molecular formula is C21H26N4OS2. The minimum atomic E-state index is 0.102. The lowest BCUT2D eigenvalue weighted by atomic mass is 10.1. The van der Waals surface area contributed by atoms with E-state index >= 15 is 0 Å². The molecule has 148 valence electrons. The molecule has 0 spiro atoms. The number of carbonyl (C=O) groups is 1. The van der Waals surface area contributed by atoms with Crippen LogP contribution < -0.4 is 5.32 Å². The number of carbonyl (C=O) groups excluding carboxylic acids is 1. The van der Waals surface area contributed by atoms with Crippen LogP contribution in [0.3, 0.4) is 0 Å². The minimum Gasteiger partial charge on any atom is -0.353 e. The van der Waals surface area contributed by atoms with Gasteiger partial charge < -0.3 is 9.88 Å². The van der Waals surface area contributed by atoms with Gasteiger partial charge in [0.2, 0.25) is 5.91 Å². The van der Waals surface area contributed by atoms with Crippen LogP contribution in [0.4, 0.5) is 0 Å². The van der Waals surface area contributed by atoms with Crippen molar-refractivity contribution in [1.82, 2.24) is 20.1 Å². The molecule has 2 heterocycles. The number of thiophene rings is 1. The smallest absolute Gasteiger partial charge is 0.230 e. The molecule has 0 aliphatic heterocycles. The molecular weight excluding hydrogens is 388 g/mol. The number of aromatic nitrogens is 3. The summed E-state index contributed by atoms with van der Waals surface area (Å²) in [6.07, 6.45) is 7.25. The molecule has 0 unspecified atom stereocenters. The molecule has 28 heavy (non-hydrogen) atoms. The summed E-state index contributed by atoms with van der Waals surface area (Å²) < 4.78 is 3.36. The molecule has 1 amide bonds. The lowest BCUT2D eigenvalue weighted by Gasteiger charge is -2.16. The first-order valence-electron chi connectivity index (χ1n) is 10.1. The number of nitrogens with one attached hydrogen (secondary N) is 1. The van der Waals surface area contributed by atoms with Crippen molar-refractivity contribution < 1.29 is 4.79 Å². The molecule has 1 N–H and O–H groups in total. The Morgan fingerprint density at radius 3 is 2.79 bits per heavy atom. The van der Waals surface area contributed by atoms with E-state index in [1.165, 1.54) is 47.5 Å². The maximum atomic E-state index is 12.4. The maximum absolute atomic E-state index is 12.4. The first-order chi connectivity index (χ1) is 13.8. The first kappa shape index (κ1) is 19.5. The van der Waals surface area contributed by atoms with Gasteiger partial charge in [0.05, 0.1) is 5.75 Å². The van der Waals surface area contributed by atoms with Gasteiger partial charge in [-0.05, 0) is 25.8 Å². The monoisotopic (exact) mass is 414 g/mol. The predicted molar refractivity (Wildman–Crippen MR) is 117 cm³/mol. The summed E-state index contributed by atoms with van der Waals surface area (Å²) >= 11 is 3.20. The molecule has 7 heteroatoms. The average Bonchev–Trinajstić information content (AvgIpc) is 3.22. The van der Waals surface area contributed by atoms with Crippen LogP contribution in [0, 0.1) is 0 Å². The van der Waals surface area contributed by atoms with Crippen molar-refractivity contribution in [3.8, 4) is 11.4 Å². The topological polar surface area (TPSA) is 59.8 Å². The van der Waals surface area contributed by atoms with Crippen LogP contribution in [0.2, 0.25) is 0 Å². The van der Waals surface area contributed by atoms with Gasteiger partial charge in [0, 0.05) is 33.6 Å². The third-order valence-electron chi connectivity index (χ3n) is 5.31. The zero-order valence-electron chi connectivity index (χ0n) is 16.2.